The first kappa shape index (κ1) is 24.3. The smallest absolute Gasteiger partial charge is 0.330 e. The van der Waals surface area contributed by atoms with Crippen molar-refractivity contribution in [3.8, 4) is 0 Å². The fourth-order valence-electron chi connectivity index (χ4n) is 3.45. The van der Waals surface area contributed by atoms with Crippen LogP contribution in [0, 0.1) is 0 Å². The molecule has 3 amide bonds. The fraction of sp³-hybridized carbons (Fsp3) is 0.250. The molecule has 0 aliphatic carbocycles. The molecule has 0 radical (unpaired) electrons. The molecule has 0 spiro atoms. The number of benzene rings is 2. The highest BCUT2D eigenvalue weighted by atomic mass is 16.2. The summed E-state index contributed by atoms with van der Waals surface area (Å²) >= 11 is 0. The Morgan fingerprint density at radius 3 is 2.24 bits per heavy atom. The van der Waals surface area contributed by atoms with E-state index in [-0.39, 0.29) is 31.1 Å². The predicted molar refractivity (Wildman–Crippen MR) is 131 cm³/mol. The Morgan fingerprint density at radius 2 is 1.62 bits per heavy atom. The van der Waals surface area contributed by atoms with E-state index in [1.165, 1.54) is 9.47 Å². The third kappa shape index (κ3) is 6.35. The molecule has 34 heavy (non-hydrogen) atoms. The molecule has 10 nitrogen and oxygen atoms in total. The van der Waals surface area contributed by atoms with Crippen LogP contribution in [0.3, 0.4) is 0 Å². The topological polar surface area (TPSA) is 142 Å². The van der Waals surface area contributed by atoms with Crippen molar-refractivity contribution in [3.63, 3.8) is 0 Å². The van der Waals surface area contributed by atoms with Crippen molar-refractivity contribution >= 4 is 23.4 Å². The van der Waals surface area contributed by atoms with Crippen LogP contribution in [0.1, 0.15) is 24.5 Å². The average molecular weight is 465 g/mol. The number of amides is 3. The van der Waals surface area contributed by atoms with Crippen LogP contribution < -0.4 is 32.5 Å². The molecule has 1 heterocycles. The Hall–Kier alpha value is -4.34. The number of aromatic amines is 1. The van der Waals surface area contributed by atoms with Gasteiger partial charge in [-0.2, -0.15) is 0 Å². The lowest BCUT2D eigenvalue weighted by Crippen LogP contribution is -2.46. The molecule has 0 saturated carbocycles. The highest BCUT2D eigenvalue weighted by molar-refractivity contribution is 5.96. The minimum Gasteiger partial charge on any atom is -0.383 e. The Balaban J connectivity index is 1.96. The number of carbonyl (C=O) groups is 2. The first-order valence-electron chi connectivity index (χ1n) is 10.9. The van der Waals surface area contributed by atoms with Crippen LogP contribution in [0.4, 0.5) is 16.3 Å². The van der Waals surface area contributed by atoms with Gasteiger partial charge in [-0.05, 0) is 17.5 Å². The molecule has 10 heteroatoms. The molecule has 0 aliphatic rings. The van der Waals surface area contributed by atoms with Crippen molar-refractivity contribution in [2.75, 3.05) is 23.7 Å². The van der Waals surface area contributed by atoms with Crippen LogP contribution in [0.25, 0.3) is 0 Å². The third-order valence-corrected chi connectivity index (χ3v) is 5.05. The molecular weight excluding hydrogens is 436 g/mol. The van der Waals surface area contributed by atoms with E-state index >= 15 is 0 Å². The molecule has 5 N–H and O–H groups in total. The zero-order valence-corrected chi connectivity index (χ0v) is 18.9. The largest absolute Gasteiger partial charge is 0.383 e. The quantitative estimate of drug-likeness (QED) is 0.377. The molecule has 178 valence electrons. The zero-order chi connectivity index (χ0) is 24.5. The second kappa shape index (κ2) is 11.5. The Bertz CT molecular complexity index is 1240. The first-order valence-corrected chi connectivity index (χ1v) is 10.9. The number of imide groups is 1. The summed E-state index contributed by atoms with van der Waals surface area (Å²) in [5, 5.41) is 4.82. The summed E-state index contributed by atoms with van der Waals surface area (Å²) in [4.78, 5) is 53.7. The minimum absolute atomic E-state index is 0.0245. The summed E-state index contributed by atoms with van der Waals surface area (Å²) < 4.78 is 1.25. The van der Waals surface area contributed by atoms with Gasteiger partial charge in [-0.3, -0.25) is 24.5 Å². The van der Waals surface area contributed by atoms with Crippen LogP contribution in [0.5, 0.6) is 0 Å². The van der Waals surface area contributed by atoms with Gasteiger partial charge in [0.1, 0.15) is 11.5 Å². The predicted octanol–water partition coefficient (Wildman–Crippen LogP) is 1.41. The summed E-state index contributed by atoms with van der Waals surface area (Å²) in [6.07, 6.45) is 0.719. The van der Waals surface area contributed by atoms with Gasteiger partial charge in [-0.15, -0.1) is 0 Å². The second-order valence-corrected chi connectivity index (χ2v) is 7.71. The Kier molecular flexibility index (Phi) is 8.22. The van der Waals surface area contributed by atoms with Gasteiger partial charge < -0.3 is 16.0 Å². The molecule has 3 rings (SSSR count). The van der Waals surface area contributed by atoms with Gasteiger partial charge in [-0.1, -0.05) is 67.6 Å². The Labute approximate surface area is 196 Å². The maximum atomic E-state index is 12.8. The lowest BCUT2D eigenvalue weighted by molar-refractivity contribution is -0.118. The number of H-pyrrole nitrogens is 1. The Morgan fingerprint density at radius 1 is 1.00 bits per heavy atom. The van der Waals surface area contributed by atoms with Crippen molar-refractivity contribution in [1.82, 2.24) is 20.2 Å². The van der Waals surface area contributed by atoms with E-state index < -0.39 is 23.2 Å². The third-order valence-electron chi connectivity index (χ3n) is 5.05. The maximum Gasteiger partial charge on any atom is 0.330 e. The number of anilines is 2. The van der Waals surface area contributed by atoms with Gasteiger partial charge in [0.05, 0.1) is 13.1 Å². The van der Waals surface area contributed by atoms with Gasteiger partial charge in [-0.25, -0.2) is 9.59 Å². The number of hydrogen-bond acceptors (Lipinski definition) is 6. The molecule has 0 fully saturated rings. The van der Waals surface area contributed by atoms with Crippen LogP contribution in [0.15, 0.2) is 70.3 Å². The molecule has 0 unspecified atom stereocenters. The highest BCUT2D eigenvalue weighted by Crippen LogP contribution is 2.20. The van der Waals surface area contributed by atoms with Crippen LogP contribution in [-0.4, -0.2) is 34.6 Å². The molecule has 1 aromatic heterocycles. The summed E-state index contributed by atoms with van der Waals surface area (Å²) in [6.45, 7) is 2.28. The molecule has 0 aliphatic heterocycles. The number of hydrogen-bond donors (Lipinski definition) is 4. The van der Waals surface area contributed by atoms with Gasteiger partial charge in [0, 0.05) is 13.1 Å². The van der Waals surface area contributed by atoms with Crippen molar-refractivity contribution in [2.24, 2.45) is 0 Å². The average Bonchev–Trinajstić information content (AvgIpc) is 2.81. The number of carbonyl (C=O) groups excluding carboxylic acids is 2. The van der Waals surface area contributed by atoms with Crippen molar-refractivity contribution in [3.05, 3.63) is 92.6 Å². The van der Waals surface area contributed by atoms with E-state index in [2.05, 4.69) is 15.6 Å². The van der Waals surface area contributed by atoms with Gasteiger partial charge in [0.25, 0.3) is 5.56 Å². The van der Waals surface area contributed by atoms with Gasteiger partial charge in [0.2, 0.25) is 5.91 Å². The number of rotatable bonds is 9. The van der Waals surface area contributed by atoms with Crippen molar-refractivity contribution < 1.29 is 9.59 Å². The maximum absolute atomic E-state index is 12.8. The monoisotopic (exact) mass is 464 g/mol. The SMILES string of the molecule is CCCNC(=O)NC(=O)CN(Cc1ccccc1)c1c(N)n(Cc2ccccc2)c(=O)[nH]c1=O. The van der Waals surface area contributed by atoms with Crippen LogP contribution in [0.2, 0.25) is 0 Å². The lowest BCUT2D eigenvalue weighted by Gasteiger charge is -2.26. The van der Waals surface area contributed by atoms with E-state index in [0.29, 0.717) is 6.54 Å². The molecule has 0 saturated heterocycles. The lowest BCUT2D eigenvalue weighted by atomic mass is 10.2. The summed E-state index contributed by atoms with van der Waals surface area (Å²) in [6, 6.07) is 17.7. The standard InChI is InChI=1S/C24H28N6O4/c1-2-13-26-23(33)27-19(31)16-29(14-17-9-5-3-6-10-17)20-21(25)30(24(34)28-22(20)32)15-18-11-7-4-8-12-18/h3-12H,2,13-16,25H2,1H3,(H,28,32,34)(H2,26,27,31,33). The number of nitrogen functional groups attached to an aromatic ring is 1. The number of nitrogens with zero attached hydrogens (tertiary/aromatic N) is 2. The van der Waals surface area contributed by atoms with E-state index in [0.717, 1.165) is 17.5 Å². The summed E-state index contributed by atoms with van der Waals surface area (Å²) in [7, 11) is 0. The number of nitrogens with one attached hydrogen (secondary N) is 3. The second-order valence-electron chi connectivity index (χ2n) is 7.71. The molecule has 3 aromatic rings. The number of urea groups is 1. The van der Waals surface area contributed by atoms with Crippen LogP contribution in [-0.2, 0) is 17.9 Å². The fourth-order valence-corrected chi connectivity index (χ4v) is 3.45. The minimum atomic E-state index is -0.717. The first-order chi connectivity index (χ1) is 16.4. The van der Waals surface area contributed by atoms with Crippen LogP contribution >= 0.6 is 0 Å². The van der Waals surface area contributed by atoms with Gasteiger partial charge in [0.15, 0.2) is 0 Å². The number of aromatic nitrogens is 2. The molecule has 0 bridgehead atoms. The normalized spacial score (nSPS) is 10.5. The highest BCUT2D eigenvalue weighted by Gasteiger charge is 2.22. The van der Waals surface area contributed by atoms with Crippen molar-refractivity contribution in [1.29, 1.82) is 0 Å². The summed E-state index contributed by atoms with van der Waals surface area (Å²) in [5.41, 5.74) is 6.55. The summed E-state index contributed by atoms with van der Waals surface area (Å²) in [5.74, 6) is -0.694. The van der Waals surface area contributed by atoms with E-state index in [1.807, 2.05) is 67.6 Å². The molecule has 2 aromatic carbocycles. The zero-order valence-electron chi connectivity index (χ0n) is 18.9. The van der Waals surface area contributed by atoms with E-state index in [1.54, 1.807) is 0 Å². The van der Waals surface area contributed by atoms with E-state index in [4.69, 9.17) is 5.73 Å². The van der Waals surface area contributed by atoms with Gasteiger partial charge >= 0.3 is 11.7 Å². The molecular formula is C24H28N6O4. The molecule has 0 atom stereocenters. The number of nitrogens with two attached hydrogens (primary N) is 1. The van der Waals surface area contributed by atoms with Crippen molar-refractivity contribution in [2.45, 2.75) is 26.4 Å². The van der Waals surface area contributed by atoms with E-state index in [9.17, 15) is 19.2 Å².